The summed E-state index contributed by atoms with van der Waals surface area (Å²) < 4.78 is 38.9. The van der Waals surface area contributed by atoms with Gasteiger partial charge in [-0.15, -0.1) is 0 Å². The van der Waals surface area contributed by atoms with Crippen molar-refractivity contribution in [2.24, 2.45) is 0 Å². The van der Waals surface area contributed by atoms with E-state index >= 15 is 0 Å². The minimum atomic E-state index is -4.12. The summed E-state index contributed by atoms with van der Waals surface area (Å²) >= 11 is 0. The van der Waals surface area contributed by atoms with Gasteiger partial charge in [-0.1, -0.05) is 36.4 Å². The summed E-state index contributed by atoms with van der Waals surface area (Å²) in [7, 11) is 0. The number of fused-ring (bicyclic) bond motifs is 1. The summed E-state index contributed by atoms with van der Waals surface area (Å²) in [6.45, 7) is 0.545. The first kappa shape index (κ1) is 20.9. The second-order valence-corrected chi connectivity index (χ2v) is 6.28. The molecule has 4 rings (SSSR count). The standard InChI is InChI=1S/C11H14F3N3.C6H6.CH3NO2/c12-11(13,14)7-16-3-4-17-5-9(8-1-2-8)15-10(17)6-16;1-2-4-6-5-3-1;3-1-2-4/h5,8H,1-4,6-7H2;1-6H;1,4H,(H,2,3). The second-order valence-electron chi connectivity index (χ2n) is 6.28. The highest BCUT2D eigenvalue weighted by Gasteiger charge is 2.33. The van der Waals surface area contributed by atoms with Crippen molar-refractivity contribution in [3.8, 4) is 0 Å². The fraction of sp³-hybridized carbons (Fsp3) is 0.444. The van der Waals surface area contributed by atoms with Crippen LogP contribution in [0, 0.1) is 0 Å². The van der Waals surface area contributed by atoms with Gasteiger partial charge in [-0.3, -0.25) is 14.9 Å². The van der Waals surface area contributed by atoms with Gasteiger partial charge in [0.1, 0.15) is 5.82 Å². The zero-order valence-corrected chi connectivity index (χ0v) is 14.8. The summed E-state index contributed by atoms with van der Waals surface area (Å²) in [4.78, 5) is 14.7. The summed E-state index contributed by atoms with van der Waals surface area (Å²) in [5, 5.41) is 7.26. The smallest absolute Gasteiger partial charge is 0.332 e. The van der Waals surface area contributed by atoms with Gasteiger partial charge in [0.05, 0.1) is 18.8 Å². The van der Waals surface area contributed by atoms with Gasteiger partial charge in [-0.25, -0.2) is 10.5 Å². The number of benzene rings is 1. The number of imidazole rings is 1. The average Bonchev–Trinajstić information content (AvgIpc) is 3.42. The largest absolute Gasteiger partial charge is 0.401 e. The normalized spacial score (nSPS) is 16.1. The van der Waals surface area contributed by atoms with Gasteiger partial charge in [0.25, 0.3) is 0 Å². The molecule has 2 aromatic rings. The molecule has 1 aliphatic carbocycles. The molecule has 0 spiro atoms. The number of hydroxylamine groups is 1. The van der Waals surface area contributed by atoms with Gasteiger partial charge in [0.2, 0.25) is 6.41 Å². The SMILES string of the molecule is FC(F)(F)CN1CCn2cc(C3CC3)nc2C1.O=CNO.c1ccccc1. The Hall–Kier alpha value is -2.39. The number of halogens is 3. The maximum Gasteiger partial charge on any atom is 0.401 e. The van der Waals surface area contributed by atoms with Crippen LogP contribution in [-0.4, -0.2) is 45.3 Å². The maximum atomic E-state index is 12.3. The number of hydrogen-bond acceptors (Lipinski definition) is 4. The molecule has 1 fully saturated rings. The fourth-order valence-electron chi connectivity index (χ4n) is 2.67. The van der Waals surface area contributed by atoms with E-state index in [0.717, 1.165) is 11.5 Å². The topological polar surface area (TPSA) is 70.4 Å². The fourth-order valence-corrected chi connectivity index (χ4v) is 2.67. The van der Waals surface area contributed by atoms with Crippen LogP contribution in [-0.2, 0) is 17.9 Å². The van der Waals surface area contributed by atoms with Crippen molar-refractivity contribution in [2.45, 2.75) is 38.0 Å². The molecule has 2 heterocycles. The Balaban J connectivity index is 0.000000216. The van der Waals surface area contributed by atoms with Gasteiger partial charge < -0.3 is 4.57 Å². The average molecular weight is 384 g/mol. The lowest BCUT2D eigenvalue weighted by atomic mass is 10.3. The third kappa shape index (κ3) is 7.79. The maximum absolute atomic E-state index is 12.3. The molecule has 148 valence electrons. The van der Waals surface area contributed by atoms with Crippen LogP contribution < -0.4 is 5.48 Å². The number of aromatic nitrogens is 2. The molecule has 0 saturated heterocycles. The Morgan fingerprint density at radius 3 is 2.15 bits per heavy atom. The number of carbonyl (C=O) groups is 1. The van der Waals surface area contributed by atoms with Crippen molar-refractivity contribution in [1.29, 1.82) is 0 Å². The monoisotopic (exact) mass is 384 g/mol. The van der Waals surface area contributed by atoms with Crippen molar-refractivity contribution >= 4 is 6.41 Å². The number of nitrogens with one attached hydrogen (secondary N) is 1. The molecule has 1 saturated carbocycles. The number of carbonyl (C=O) groups excluding carboxylic acids is 1. The molecule has 1 aromatic carbocycles. The van der Waals surface area contributed by atoms with Crippen LogP contribution in [0.2, 0.25) is 0 Å². The molecule has 1 aliphatic heterocycles. The third-order valence-corrected chi connectivity index (χ3v) is 4.02. The molecule has 9 heteroatoms. The Morgan fingerprint density at radius 1 is 1.15 bits per heavy atom. The molecule has 2 N–H and O–H groups in total. The molecular weight excluding hydrogens is 361 g/mol. The number of hydrogen-bond donors (Lipinski definition) is 2. The Morgan fingerprint density at radius 2 is 1.70 bits per heavy atom. The summed E-state index contributed by atoms with van der Waals surface area (Å²) in [5.74, 6) is 1.34. The van der Waals surface area contributed by atoms with E-state index in [-0.39, 0.29) is 6.41 Å². The Bertz CT molecular complexity index is 661. The number of alkyl halides is 3. The van der Waals surface area contributed by atoms with E-state index in [1.807, 2.05) is 47.2 Å². The van der Waals surface area contributed by atoms with Gasteiger partial charge in [0, 0.05) is 25.2 Å². The van der Waals surface area contributed by atoms with E-state index < -0.39 is 12.7 Å². The quantitative estimate of drug-likeness (QED) is 0.485. The molecule has 1 amide bonds. The van der Waals surface area contributed by atoms with Crippen molar-refractivity contribution in [3.05, 3.63) is 54.1 Å². The molecule has 27 heavy (non-hydrogen) atoms. The summed E-state index contributed by atoms with van der Waals surface area (Å²) in [6, 6.07) is 12.0. The molecular formula is C18H23F3N4O2. The number of rotatable bonds is 3. The lowest BCUT2D eigenvalue weighted by Crippen LogP contribution is -2.39. The molecule has 0 atom stereocenters. The van der Waals surface area contributed by atoms with Crippen molar-refractivity contribution in [3.63, 3.8) is 0 Å². The van der Waals surface area contributed by atoms with Crippen molar-refractivity contribution in [1.82, 2.24) is 19.9 Å². The van der Waals surface area contributed by atoms with Crippen molar-refractivity contribution in [2.75, 3.05) is 13.1 Å². The van der Waals surface area contributed by atoms with Gasteiger partial charge in [-0.2, -0.15) is 13.2 Å². The lowest BCUT2D eigenvalue weighted by Gasteiger charge is -2.27. The zero-order valence-electron chi connectivity index (χ0n) is 14.8. The van der Waals surface area contributed by atoms with E-state index in [0.29, 0.717) is 25.6 Å². The highest BCUT2D eigenvalue weighted by Crippen LogP contribution is 2.39. The molecule has 0 bridgehead atoms. The Kier molecular flexibility index (Phi) is 7.81. The number of amides is 1. The minimum absolute atomic E-state index is 0.181. The highest BCUT2D eigenvalue weighted by atomic mass is 19.4. The van der Waals surface area contributed by atoms with Crippen LogP contribution in [0.4, 0.5) is 13.2 Å². The lowest BCUT2D eigenvalue weighted by molar-refractivity contribution is -0.148. The van der Waals surface area contributed by atoms with E-state index in [1.165, 1.54) is 23.2 Å². The van der Waals surface area contributed by atoms with E-state index in [2.05, 4.69) is 4.98 Å². The van der Waals surface area contributed by atoms with E-state index in [1.54, 1.807) is 0 Å². The minimum Gasteiger partial charge on any atom is -0.332 e. The third-order valence-electron chi connectivity index (χ3n) is 4.02. The van der Waals surface area contributed by atoms with Gasteiger partial charge >= 0.3 is 6.18 Å². The predicted octanol–water partition coefficient (Wildman–Crippen LogP) is 2.95. The first-order chi connectivity index (χ1) is 12.9. The van der Waals surface area contributed by atoms with E-state index in [9.17, 15) is 13.2 Å². The van der Waals surface area contributed by atoms with Crippen LogP contribution >= 0.6 is 0 Å². The summed E-state index contributed by atoms with van der Waals surface area (Å²) in [6.07, 6.45) is 0.414. The zero-order chi connectivity index (χ0) is 19.7. The van der Waals surface area contributed by atoms with Crippen LogP contribution in [0.5, 0.6) is 0 Å². The molecule has 0 unspecified atom stereocenters. The first-order valence-corrected chi connectivity index (χ1v) is 8.61. The van der Waals surface area contributed by atoms with E-state index in [4.69, 9.17) is 10.0 Å². The van der Waals surface area contributed by atoms with Crippen LogP contribution in [0.3, 0.4) is 0 Å². The second kappa shape index (κ2) is 10.1. The first-order valence-electron chi connectivity index (χ1n) is 8.61. The highest BCUT2D eigenvalue weighted by molar-refractivity contribution is 5.43. The number of nitrogens with zero attached hydrogens (tertiary/aromatic N) is 3. The molecule has 1 aromatic heterocycles. The summed E-state index contributed by atoms with van der Waals surface area (Å²) in [5.41, 5.74) is 2.31. The van der Waals surface area contributed by atoms with Crippen LogP contribution in [0.1, 0.15) is 30.3 Å². The van der Waals surface area contributed by atoms with Crippen LogP contribution in [0.25, 0.3) is 0 Å². The predicted molar refractivity (Wildman–Crippen MR) is 93.0 cm³/mol. The van der Waals surface area contributed by atoms with Gasteiger partial charge in [0.15, 0.2) is 0 Å². The van der Waals surface area contributed by atoms with Crippen LogP contribution in [0.15, 0.2) is 42.6 Å². The molecule has 2 aliphatic rings. The molecule has 0 radical (unpaired) electrons. The van der Waals surface area contributed by atoms with Crippen molar-refractivity contribution < 1.29 is 23.2 Å². The Labute approximate surface area is 155 Å². The molecule has 6 nitrogen and oxygen atoms in total. The van der Waals surface area contributed by atoms with Gasteiger partial charge in [-0.05, 0) is 12.8 Å².